The molecule has 0 bridgehead atoms. The van der Waals surface area contributed by atoms with Crippen LogP contribution < -0.4 is 10.6 Å². The van der Waals surface area contributed by atoms with Crippen LogP contribution in [0.15, 0.2) is 52.4 Å². The highest BCUT2D eigenvalue weighted by Gasteiger charge is 2.34. The highest BCUT2D eigenvalue weighted by Crippen LogP contribution is 2.29. The van der Waals surface area contributed by atoms with Crippen LogP contribution in [-0.2, 0) is 14.6 Å². The quantitative estimate of drug-likeness (QED) is 0.473. The van der Waals surface area contributed by atoms with Crippen molar-refractivity contribution in [3.05, 3.63) is 54.1 Å². The van der Waals surface area contributed by atoms with E-state index in [9.17, 15) is 17.6 Å². The van der Waals surface area contributed by atoms with E-state index in [1.165, 1.54) is 12.1 Å². The number of hydrogen-bond acceptors (Lipinski definition) is 6. The second kappa shape index (κ2) is 9.89. The van der Waals surface area contributed by atoms with Gasteiger partial charge in [0.05, 0.1) is 16.6 Å². The molecule has 0 radical (unpaired) electrons. The van der Waals surface area contributed by atoms with Crippen molar-refractivity contribution >= 4 is 27.5 Å². The van der Waals surface area contributed by atoms with Gasteiger partial charge in [0.25, 0.3) is 0 Å². The van der Waals surface area contributed by atoms with Gasteiger partial charge in [-0.15, -0.1) is 11.8 Å². The predicted molar refractivity (Wildman–Crippen MR) is 115 cm³/mol. The molecule has 2 aromatic rings. The van der Waals surface area contributed by atoms with Gasteiger partial charge >= 0.3 is 0 Å². The normalized spacial score (nSPS) is 17.8. The van der Waals surface area contributed by atoms with E-state index in [0.29, 0.717) is 18.9 Å². The molecule has 2 atom stereocenters. The number of sulfone groups is 1. The van der Waals surface area contributed by atoms with Crippen LogP contribution in [0.2, 0.25) is 0 Å². The topological polar surface area (TPSA) is 88.2 Å². The minimum Gasteiger partial charge on any atom is -0.333 e. The number of benzene rings is 1. The van der Waals surface area contributed by atoms with E-state index in [-0.39, 0.29) is 16.5 Å². The molecule has 2 N–H and O–H groups in total. The number of carbonyl (C=O) groups is 1. The Hall–Kier alpha value is -1.97. The first-order valence-electron chi connectivity index (χ1n) is 9.89. The fourth-order valence-electron chi connectivity index (χ4n) is 3.13. The zero-order valence-corrected chi connectivity index (χ0v) is 18.6. The van der Waals surface area contributed by atoms with Crippen LogP contribution >= 0.6 is 11.8 Å². The standard InChI is InChI=1S/C21H26FN3O3S2/c1-14(2)13-29-16-9-11-24-19(12-16)21(25-20(26)18-4-3-10-23-18)30(27,28)17-7-5-15(22)6-8-17/h5-9,11-12,14,18,21,23H,3-4,10,13H2,1-2H3,(H,25,26)/t18?,21-/m0/s1. The minimum absolute atomic E-state index is 0.0735. The van der Waals surface area contributed by atoms with Crippen molar-refractivity contribution in [1.29, 1.82) is 0 Å². The first kappa shape index (κ1) is 22.7. The molecular formula is C21H26FN3O3S2. The number of thioether (sulfide) groups is 1. The van der Waals surface area contributed by atoms with Crippen molar-refractivity contribution in [2.24, 2.45) is 5.92 Å². The highest BCUT2D eigenvalue weighted by atomic mass is 32.2. The number of aromatic nitrogens is 1. The Morgan fingerprint density at radius 3 is 2.67 bits per heavy atom. The van der Waals surface area contributed by atoms with Crippen molar-refractivity contribution in [3.8, 4) is 0 Å². The highest BCUT2D eigenvalue weighted by molar-refractivity contribution is 7.99. The van der Waals surface area contributed by atoms with Crippen LogP contribution in [0.25, 0.3) is 0 Å². The van der Waals surface area contributed by atoms with Gasteiger partial charge in [-0.3, -0.25) is 9.78 Å². The molecule has 30 heavy (non-hydrogen) atoms. The molecule has 1 unspecified atom stereocenters. The first-order chi connectivity index (χ1) is 14.3. The maximum Gasteiger partial charge on any atom is 0.238 e. The summed E-state index contributed by atoms with van der Waals surface area (Å²) >= 11 is 1.60. The molecule has 1 aromatic heterocycles. The summed E-state index contributed by atoms with van der Waals surface area (Å²) in [5.41, 5.74) is 0.236. The third-order valence-electron chi connectivity index (χ3n) is 4.71. The van der Waals surface area contributed by atoms with Crippen LogP contribution in [-0.4, -0.2) is 37.6 Å². The number of rotatable bonds is 8. The predicted octanol–water partition coefficient (Wildman–Crippen LogP) is 3.31. The molecule has 0 spiro atoms. The van der Waals surface area contributed by atoms with Crippen LogP contribution in [0, 0.1) is 11.7 Å². The lowest BCUT2D eigenvalue weighted by atomic mass is 10.2. The van der Waals surface area contributed by atoms with Gasteiger partial charge in [0.1, 0.15) is 5.82 Å². The van der Waals surface area contributed by atoms with Crippen molar-refractivity contribution in [1.82, 2.24) is 15.6 Å². The Bertz CT molecular complexity index is 975. The summed E-state index contributed by atoms with van der Waals surface area (Å²) in [7, 11) is -4.04. The molecular weight excluding hydrogens is 425 g/mol. The third kappa shape index (κ3) is 5.59. The smallest absolute Gasteiger partial charge is 0.238 e. The molecule has 1 amide bonds. The zero-order valence-electron chi connectivity index (χ0n) is 17.0. The molecule has 1 aliphatic rings. The molecule has 1 fully saturated rings. The summed E-state index contributed by atoms with van der Waals surface area (Å²) < 4.78 is 40.1. The summed E-state index contributed by atoms with van der Waals surface area (Å²) in [6, 6.07) is 7.66. The number of halogens is 1. The number of nitrogens with one attached hydrogen (secondary N) is 2. The molecule has 6 nitrogen and oxygen atoms in total. The monoisotopic (exact) mass is 451 g/mol. The van der Waals surface area contributed by atoms with Gasteiger partial charge in [-0.25, -0.2) is 12.8 Å². The van der Waals surface area contributed by atoms with E-state index in [1.807, 2.05) is 6.07 Å². The SMILES string of the molecule is CC(C)CSc1ccnc([C@@H](NC(=O)C2CCCN2)S(=O)(=O)c2ccc(F)cc2)c1. The van der Waals surface area contributed by atoms with Crippen LogP contribution in [0.1, 0.15) is 37.8 Å². The Morgan fingerprint density at radius 2 is 2.03 bits per heavy atom. The van der Waals surface area contributed by atoms with E-state index in [1.54, 1.807) is 24.0 Å². The Balaban J connectivity index is 1.95. The van der Waals surface area contributed by atoms with Crippen molar-refractivity contribution in [3.63, 3.8) is 0 Å². The van der Waals surface area contributed by atoms with E-state index >= 15 is 0 Å². The third-order valence-corrected chi connectivity index (χ3v) is 8.04. The molecule has 1 aliphatic heterocycles. The lowest BCUT2D eigenvalue weighted by Crippen LogP contribution is -2.44. The largest absolute Gasteiger partial charge is 0.333 e. The number of amides is 1. The molecule has 162 valence electrons. The van der Waals surface area contributed by atoms with Gasteiger partial charge in [-0.05, 0) is 61.7 Å². The van der Waals surface area contributed by atoms with Gasteiger partial charge in [-0.2, -0.15) is 0 Å². The summed E-state index contributed by atoms with van der Waals surface area (Å²) in [5.74, 6) is 0.426. The van der Waals surface area contributed by atoms with Crippen LogP contribution in [0.4, 0.5) is 4.39 Å². The van der Waals surface area contributed by atoms with Gasteiger partial charge in [0.15, 0.2) is 5.37 Å². The summed E-state index contributed by atoms with van der Waals surface area (Å²) in [6.07, 6.45) is 3.05. The molecule has 2 heterocycles. The Morgan fingerprint density at radius 1 is 1.30 bits per heavy atom. The molecule has 9 heteroatoms. The number of nitrogens with zero attached hydrogens (tertiary/aromatic N) is 1. The molecule has 3 rings (SSSR count). The molecule has 0 saturated carbocycles. The fourth-order valence-corrected chi connectivity index (χ4v) is 5.53. The zero-order chi connectivity index (χ0) is 21.7. The van der Waals surface area contributed by atoms with E-state index in [0.717, 1.165) is 29.2 Å². The van der Waals surface area contributed by atoms with E-state index < -0.39 is 27.1 Å². The summed E-state index contributed by atoms with van der Waals surface area (Å²) in [6.45, 7) is 4.92. The second-order valence-corrected chi connectivity index (χ2v) is 10.8. The van der Waals surface area contributed by atoms with E-state index in [2.05, 4.69) is 29.5 Å². The average molecular weight is 452 g/mol. The van der Waals surface area contributed by atoms with Gasteiger partial charge in [0.2, 0.25) is 15.7 Å². The van der Waals surface area contributed by atoms with Crippen molar-refractivity contribution in [2.45, 2.75) is 47.9 Å². The van der Waals surface area contributed by atoms with Crippen LogP contribution in [0.3, 0.4) is 0 Å². The van der Waals surface area contributed by atoms with Crippen molar-refractivity contribution in [2.75, 3.05) is 12.3 Å². The summed E-state index contributed by atoms with van der Waals surface area (Å²) in [4.78, 5) is 17.8. The van der Waals surface area contributed by atoms with Crippen LogP contribution in [0.5, 0.6) is 0 Å². The maximum absolute atomic E-state index is 13.4. The van der Waals surface area contributed by atoms with E-state index in [4.69, 9.17) is 0 Å². The number of hydrogen-bond donors (Lipinski definition) is 2. The first-order valence-corrected chi connectivity index (χ1v) is 12.4. The molecule has 0 aliphatic carbocycles. The van der Waals surface area contributed by atoms with Gasteiger partial charge in [0, 0.05) is 16.8 Å². The minimum atomic E-state index is -4.04. The maximum atomic E-state index is 13.4. The fraction of sp³-hybridized carbons (Fsp3) is 0.429. The average Bonchev–Trinajstić information content (AvgIpc) is 3.26. The summed E-state index contributed by atoms with van der Waals surface area (Å²) in [5, 5.41) is 4.38. The second-order valence-electron chi connectivity index (χ2n) is 7.66. The Kier molecular flexibility index (Phi) is 7.49. The molecule has 1 aromatic carbocycles. The lowest BCUT2D eigenvalue weighted by Gasteiger charge is -2.21. The Labute approximate surface area is 181 Å². The lowest BCUT2D eigenvalue weighted by molar-refractivity contribution is -0.123. The molecule has 1 saturated heterocycles. The number of pyridine rings is 1. The van der Waals surface area contributed by atoms with Gasteiger partial charge < -0.3 is 10.6 Å². The number of carbonyl (C=O) groups excluding carboxylic acids is 1. The van der Waals surface area contributed by atoms with Crippen molar-refractivity contribution < 1.29 is 17.6 Å². The van der Waals surface area contributed by atoms with Gasteiger partial charge in [-0.1, -0.05) is 13.8 Å².